The monoisotopic (exact) mass is 643 g/mol. The lowest BCUT2D eigenvalue weighted by Gasteiger charge is -2.36. The van der Waals surface area contributed by atoms with Crippen LogP contribution in [0.3, 0.4) is 0 Å². The third kappa shape index (κ3) is 11.7. The quantitative estimate of drug-likeness (QED) is 0.120. The zero-order valence-electron chi connectivity index (χ0n) is 28.7. The number of carbonyl (C=O) groups is 2. The van der Waals surface area contributed by atoms with E-state index < -0.39 is 60.5 Å². The van der Waals surface area contributed by atoms with Crippen LogP contribution >= 0.6 is 0 Å². The number of benzene rings is 1. The summed E-state index contributed by atoms with van der Waals surface area (Å²) in [6, 6.07) is 9.79. The average Bonchev–Trinajstić information content (AvgIpc) is 3.01. The molecule has 46 heavy (non-hydrogen) atoms. The van der Waals surface area contributed by atoms with E-state index in [2.05, 4.69) is 0 Å². The van der Waals surface area contributed by atoms with Crippen LogP contribution in [0.5, 0.6) is 0 Å². The lowest BCUT2D eigenvalue weighted by Crippen LogP contribution is -2.47. The number of amides is 1. The van der Waals surface area contributed by atoms with Crippen LogP contribution in [0.4, 0.5) is 4.79 Å². The van der Waals surface area contributed by atoms with Crippen molar-refractivity contribution in [3.8, 4) is 0 Å². The normalized spacial score (nSPS) is 26.9. The van der Waals surface area contributed by atoms with Crippen molar-refractivity contribution in [2.75, 3.05) is 0 Å². The summed E-state index contributed by atoms with van der Waals surface area (Å²) < 4.78 is 10.9. The van der Waals surface area contributed by atoms with Crippen molar-refractivity contribution in [1.82, 2.24) is 0 Å². The Hall–Kier alpha value is -2.98. The fourth-order valence-corrected chi connectivity index (χ4v) is 6.37. The van der Waals surface area contributed by atoms with Crippen molar-refractivity contribution >= 4 is 18.1 Å². The van der Waals surface area contributed by atoms with Crippen molar-refractivity contribution < 1.29 is 39.5 Å². The summed E-state index contributed by atoms with van der Waals surface area (Å²) in [5.74, 6) is -2.58. The van der Waals surface area contributed by atoms with E-state index in [4.69, 9.17) is 15.2 Å². The number of aliphatic hydroxyl groups excluding tert-OH is 4. The van der Waals surface area contributed by atoms with Crippen molar-refractivity contribution in [2.45, 2.75) is 105 Å². The first-order valence-corrected chi connectivity index (χ1v) is 16.5. The zero-order chi connectivity index (χ0) is 34.7. The smallest absolute Gasteiger partial charge is 0.404 e. The third-order valence-corrected chi connectivity index (χ3v) is 9.46. The summed E-state index contributed by atoms with van der Waals surface area (Å²) in [7, 11) is 0. The van der Waals surface area contributed by atoms with Crippen LogP contribution in [0.2, 0.25) is 0 Å². The molecule has 0 aliphatic carbocycles. The van der Waals surface area contributed by atoms with Crippen molar-refractivity contribution in [3.05, 3.63) is 65.8 Å². The molecule has 6 N–H and O–H groups in total. The molecule has 0 saturated carbocycles. The van der Waals surface area contributed by atoms with Crippen LogP contribution in [0, 0.1) is 41.4 Å². The Balaban J connectivity index is 1.96. The fourth-order valence-electron chi connectivity index (χ4n) is 6.37. The molecule has 1 aromatic carbocycles. The Morgan fingerprint density at radius 1 is 0.957 bits per heavy atom. The van der Waals surface area contributed by atoms with Crippen molar-refractivity contribution in [3.63, 3.8) is 0 Å². The average molecular weight is 644 g/mol. The number of esters is 1. The molecule has 0 aromatic heterocycles. The van der Waals surface area contributed by atoms with Gasteiger partial charge in [-0.25, -0.2) is 4.79 Å². The predicted octanol–water partition coefficient (Wildman–Crippen LogP) is 5.27. The number of hydrogen-bond acceptors (Lipinski definition) is 8. The Kier molecular flexibility index (Phi) is 15.7. The number of nitrogens with two attached hydrogens (primary N) is 1. The minimum absolute atomic E-state index is 0.162. The van der Waals surface area contributed by atoms with Crippen LogP contribution in [0.1, 0.15) is 73.8 Å². The largest absolute Gasteiger partial charge is 0.462 e. The van der Waals surface area contributed by atoms with E-state index in [1.54, 1.807) is 26.0 Å². The van der Waals surface area contributed by atoms with E-state index in [9.17, 15) is 30.0 Å². The van der Waals surface area contributed by atoms with Gasteiger partial charge in [0.15, 0.2) is 0 Å². The fraction of sp³-hybridized carbons (Fsp3) is 0.622. The number of cyclic esters (lactones) is 1. The number of hydrogen-bond donors (Lipinski definition) is 5. The van der Waals surface area contributed by atoms with E-state index in [-0.39, 0.29) is 36.0 Å². The molecule has 1 aromatic rings. The number of aliphatic hydroxyl groups is 4. The summed E-state index contributed by atoms with van der Waals surface area (Å²) in [5, 5.41) is 43.1. The minimum Gasteiger partial charge on any atom is -0.462 e. The molecule has 258 valence electrons. The van der Waals surface area contributed by atoms with E-state index in [0.717, 1.165) is 11.1 Å². The zero-order valence-corrected chi connectivity index (χ0v) is 28.7. The molecule has 0 spiro atoms. The van der Waals surface area contributed by atoms with Gasteiger partial charge >= 0.3 is 12.1 Å². The van der Waals surface area contributed by atoms with E-state index >= 15 is 0 Å². The molecular formula is C37H57NO8. The van der Waals surface area contributed by atoms with Gasteiger partial charge in [0.1, 0.15) is 12.2 Å². The van der Waals surface area contributed by atoms with E-state index in [1.807, 2.05) is 90.1 Å². The predicted molar refractivity (Wildman–Crippen MR) is 180 cm³/mol. The number of allylic oxidation sites excluding steroid dienone is 1. The molecule has 1 saturated heterocycles. The second-order valence-electron chi connectivity index (χ2n) is 13.6. The molecule has 0 bridgehead atoms. The highest BCUT2D eigenvalue weighted by atomic mass is 16.6. The van der Waals surface area contributed by atoms with Gasteiger partial charge in [0, 0.05) is 36.0 Å². The van der Waals surface area contributed by atoms with Gasteiger partial charge < -0.3 is 35.6 Å². The molecule has 1 amide bonds. The van der Waals surface area contributed by atoms with Crippen molar-refractivity contribution in [1.29, 1.82) is 0 Å². The third-order valence-electron chi connectivity index (χ3n) is 9.46. The molecule has 9 heteroatoms. The molecule has 0 radical (unpaired) electrons. The first kappa shape index (κ1) is 39.2. The molecule has 9 nitrogen and oxygen atoms in total. The van der Waals surface area contributed by atoms with Gasteiger partial charge in [-0.05, 0) is 31.7 Å². The lowest BCUT2D eigenvalue weighted by atomic mass is 9.81. The SMILES string of the molecule is C/C(=C/[C@H](C)[C@@H](O)[C@@H](C)/C=C\[C@@H](O)C[C@@H]1OC(=O)[C@H](C)[C@@H](O)[C@H]1C)C[C@H](C)[C@@H](O)[C@H](C)[C@@H](OC(N)=O)[C@@H](C)/C=C\c1ccccc1. The Morgan fingerprint density at radius 2 is 1.59 bits per heavy atom. The van der Waals surface area contributed by atoms with Gasteiger partial charge in [-0.2, -0.15) is 0 Å². The van der Waals surface area contributed by atoms with Gasteiger partial charge in [-0.1, -0.05) is 108 Å². The molecular weight excluding hydrogens is 586 g/mol. The molecule has 2 rings (SSSR count). The number of primary amides is 1. The second-order valence-corrected chi connectivity index (χ2v) is 13.6. The summed E-state index contributed by atoms with van der Waals surface area (Å²) >= 11 is 0. The van der Waals surface area contributed by atoms with Crippen LogP contribution in [-0.4, -0.2) is 69.1 Å². The number of ether oxygens (including phenoxy) is 2. The van der Waals surface area contributed by atoms with Crippen molar-refractivity contribution in [2.24, 2.45) is 47.2 Å². The Morgan fingerprint density at radius 3 is 2.20 bits per heavy atom. The highest BCUT2D eigenvalue weighted by Gasteiger charge is 2.41. The molecule has 13 atom stereocenters. The lowest BCUT2D eigenvalue weighted by molar-refractivity contribution is -0.179. The summed E-state index contributed by atoms with van der Waals surface area (Å²) in [5.41, 5.74) is 7.42. The number of carbonyl (C=O) groups excluding carboxylic acids is 2. The minimum atomic E-state index is -0.897. The van der Waals surface area contributed by atoms with Crippen LogP contribution < -0.4 is 5.73 Å². The summed E-state index contributed by atoms with van der Waals surface area (Å²) in [6.45, 7) is 14.9. The maximum atomic E-state index is 12.0. The molecule has 0 unspecified atom stereocenters. The highest BCUT2D eigenvalue weighted by Crippen LogP contribution is 2.31. The summed E-state index contributed by atoms with van der Waals surface area (Å²) in [6.07, 6.45) is 4.69. The maximum absolute atomic E-state index is 12.0. The topological polar surface area (TPSA) is 160 Å². The van der Waals surface area contributed by atoms with Gasteiger partial charge in [0.2, 0.25) is 0 Å². The molecule has 1 heterocycles. The standard InChI is InChI=1S/C37H57NO8/c1-21(18-24(4)32(40)22(2)15-17-30(39)20-31-26(6)34(42)28(8)36(43)45-31)19-25(5)33(41)27(7)35(46-37(38)44)23(3)14-16-29-12-10-9-11-13-29/h9-18,22-28,30-35,39-42H,19-20H2,1-8H3,(H2,38,44)/b16-14-,17-15-,21-18-/t22-,23-,24-,25-,26-,27-,28+,30+,31-,32-,33+,34-,35-/m0/s1. The molecule has 1 fully saturated rings. The Labute approximate surface area is 275 Å². The van der Waals surface area contributed by atoms with Gasteiger partial charge in [0.05, 0.1) is 30.3 Å². The second kappa shape index (κ2) is 18.4. The molecule has 1 aliphatic heterocycles. The van der Waals surface area contributed by atoms with Crippen LogP contribution in [0.25, 0.3) is 6.08 Å². The van der Waals surface area contributed by atoms with Gasteiger partial charge in [-0.15, -0.1) is 0 Å². The summed E-state index contributed by atoms with van der Waals surface area (Å²) in [4.78, 5) is 23.7. The maximum Gasteiger partial charge on any atom is 0.404 e. The first-order valence-electron chi connectivity index (χ1n) is 16.5. The first-order chi connectivity index (χ1) is 21.5. The van der Waals surface area contributed by atoms with E-state index in [1.165, 1.54) is 0 Å². The van der Waals surface area contributed by atoms with Crippen LogP contribution in [0.15, 0.2) is 60.2 Å². The number of rotatable bonds is 16. The highest BCUT2D eigenvalue weighted by molar-refractivity contribution is 5.73. The molecule has 1 aliphatic rings. The van der Waals surface area contributed by atoms with Gasteiger partial charge in [0.25, 0.3) is 0 Å². The van der Waals surface area contributed by atoms with Crippen LogP contribution in [-0.2, 0) is 14.3 Å². The van der Waals surface area contributed by atoms with E-state index in [0.29, 0.717) is 6.42 Å². The van der Waals surface area contributed by atoms with Gasteiger partial charge in [-0.3, -0.25) is 4.79 Å². The Bertz CT molecular complexity index is 1180.